The molecule has 1 aromatic rings. The summed E-state index contributed by atoms with van der Waals surface area (Å²) in [4.78, 5) is 49.3. The second-order valence-electron chi connectivity index (χ2n) is 13.2. The molecule has 4 rings (SSSR count). The van der Waals surface area contributed by atoms with Crippen molar-refractivity contribution in [2.45, 2.75) is 94.3 Å². The molecular weight excluding hydrogens is 558 g/mol. The van der Waals surface area contributed by atoms with E-state index in [0.717, 1.165) is 31.2 Å². The van der Waals surface area contributed by atoms with Crippen LogP contribution < -0.4 is 0 Å². The Morgan fingerprint density at radius 2 is 1.77 bits per heavy atom. The summed E-state index contributed by atoms with van der Waals surface area (Å²) < 4.78 is -1.18. The smallest absolute Gasteiger partial charge is 0.247 e. The normalized spacial score (nSPS) is 28.2. The first-order valence-corrected chi connectivity index (χ1v) is 16.9. The fraction of sp³-hybridized carbons (Fsp3) is 0.629. The number of aliphatic hydroxyl groups is 1. The van der Waals surface area contributed by atoms with E-state index in [-0.39, 0.29) is 30.2 Å². The van der Waals surface area contributed by atoms with Crippen LogP contribution in [0, 0.1) is 17.8 Å². The molecular formula is C35H51N3O4S. The molecule has 43 heavy (non-hydrogen) atoms. The summed E-state index contributed by atoms with van der Waals surface area (Å²) in [5.74, 6) is -1.25. The Bertz CT molecular complexity index is 1170. The lowest BCUT2D eigenvalue weighted by molar-refractivity contribution is -0.148. The first-order valence-electron chi connectivity index (χ1n) is 16.0. The van der Waals surface area contributed by atoms with E-state index in [4.69, 9.17) is 0 Å². The Kier molecular flexibility index (Phi) is 10.9. The monoisotopic (exact) mass is 609 g/mol. The number of fused-ring (bicyclic) bond motifs is 1. The van der Waals surface area contributed by atoms with Crippen molar-refractivity contribution in [2.24, 2.45) is 17.8 Å². The molecule has 8 heteroatoms. The molecule has 0 aromatic heterocycles. The molecule has 236 valence electrons. The molecule has 1 aromatic carbocycles. The molecule has 3 aliphatic heterocycles. The molecule has 2 unspecified atom stereocenters. The van der Waals surface area contributed by atoms with Gasteiger partial charge in [-0.15, -0.1) is 24.9 Å². The highest BCUT2D eigenvalue weighted by Crippen LogP contribution is 2.72. The van der Waals surface area contributed by atoms with E-state index in [0.29, 0.717) is 39.0 Å². The van der Waals surface area contributed by atoms with Crippen LogP contribution in [0.1, 0.15) is 71.8 Å². The molecule has 3 amide bonds. The molecule has 3 saturated heterocycles. The van der Waals surface area contributed by atoms with E-state index in [1.54, 1.807) is 28.8 Å². The van der Waals surface area contributed by atoms with Gasteiger partial charge in [-0.05, 0) is 44.1 Å². The van der Waals surface area contributed by atoms with Crippen LogP contribution in [0.25, 0.3) is 0 Å². The Morgan fingerprint density at radius 3 is 2.37 bits per heavy atom. The van der Waals surface area contributed by atoms with Gasteiger partial charge in [-0.1, -0.05) is 76.1 Å². The number of hydrogen-bond donors (Lipinski definition) is 1. The highest BCUT2D eigenvalue weighted by atomic mass is 32.2. The number of amides is 3. The molecule has 7 nitrogen and oxygen atoms in total. The number of nitrogens with zero attached hydrogens (tertiary/aromatic N) is 3. The maximum absolute atomic E-state index is 14.7. The van der Waals surface area contributed by atoms with E-state index in [9.17, 15) is 19.5 Å². The van der Waals surface area contributed by atoms with Crippen molar-refractivity contribution in [3.8, 4) is 0 Å². The lowest BCUT2D eigenvalue weighted by Crippen LogP contribution is -2.57. The maximum atomic E-state index is 14.7. The highest BCUT2D eigenvalue weighted by Gasteiger charge is 2.78. The van der Waals surface area contributed by atoms with E-state index in [1.165, 1.54) is 0 Å². The Hall–Kier alpha value is -2.58. The summed E-state index contributed by atoms with van der Waals surface area (Å²) in [5.41, 5.74) is 1.02. The second-order valence-corrected chi connectivity index (χ2v) is 15.1. The van der Waals surface area contributed by atoms with Crippen LogP contribution in [0.2, 0.25) is 0 Å². The van der Waals surface area contributed by atoms with Gasteiger partial charge in [-0.2, -0.15) is 0 Å². The summed E-state index contributed by atoms with van der Waals surface area (Å²) in [6.45, 7) is 17.8. The van der Waals surface area contributed by atoms with Gasteiger partial charge >= 0.3 is 0 Å². The quantitative estimate of drug-likeness (QED) is 0.203. The number of thioether (sulfide) groups is 1. The number of benzene rings is 1. The molecule has 0 saturated carbocycles. The van der Waals surface area contributed by atoms with Crippen molar-refractivity contribution in [3.05, 3.63) is 61.2 Å². The van der Waals surface area contributed by atoms with Crippen molar-refractivity contribution in [2.75, 3.05) is 26.2 Å². The lowest BCUT2D eigenvalue weighted by atomic mass is 9.66. The van der Waals surface area contributed by atoms with Crippen LogP contribution in [0.15, 0.2) is 55.6 Å². The summed E-state index contributed by atoms with van der Waals surface area (Å²) >= 11 is 1.69. The Labute approximate surface area is 262 Å². The van der Waals surface area contributed by atoms with Crippen LogP contribution in [0.4, 0.5) is 0 Å². The zero-order valence-electron chi connectivity index (χ0n) is 26.5. The minimum Gasteiger partial charge on any atom is -0.394 e. The Balaban J connectivity index is 1.77. The van der Waals surface area contributed by atoms with Gasteiger partial charge in [0.2, 0.25) is 17.7 Å². The van der Waals surface area contributed by atoms with Crippen LogP contribution in [0.3, 0.4) is 0 Å². The summed E-state index contributed by atoms with van der Waals surface area (Å²) in [6, 6.07) is 8.67. The molecule has 0 aliphatic carbocycles. The van der Waals surface area contributed by atoms with Crippen LogP contribution in [-0.2, 0) is 20.9 Å². The van der Waals surface area contributed by atoms with Gasteiger partial charge in [0.05, 0.1) is 29.2 Å². The number of hydrogen-bond acceptors (Lipinski definition) is 5. The number of aliphatic hydroxyl groups excluding tert-OH is 1. The van der Waals surface area contributed by atoms with Crippen molar-refractivity contribution in [1.82, 2.24) is 14.7 Å². The van der Waals surface area contributed by atoms with E-state index in [2.05, 4.69) is 40.9 Å². The van der Waals surface area contributed by atoms with Gasteiger partial charge in [0.1, 0.15) is 6.04 Å². The molecule has 2 bridgehead atoms. The van der Waals surface area contributed by atoms with E-state index < -0.39 is 33.4 Å². The Morgan fingerprint density at radius 1 is 1.09 bits per heavy atom. The fourth-order valence-electron chi connectivity index (χ4n) is 7.79. The van der Waals surface area contributed by atoms with Gasteiger partial charge in [-0.3, -0.25) is 14.4 Å². The minimum absolute atomic E-state index is 0.0537. The van der Waals surface area contributed by atoms with Gasteiger partial charge in [0, 0.05) is 30.9 Å². The average Bonchev–Trinajstić information content (AvgIpc) is 3.55. The topological polar surface area (TPSA) is 81.2 Å². The predicted molar refractivity (Wildman–Crippen MR) is 174 cm³/mol. The van der Waals surface area contributed by atoms with Crippen LogP contribution in [-0.4, -0.2) is 85.3 Å². The largest absolute Gasteiger partial charge is 0.394 e. The second kappa shape index (κ2) is 14.0. The average molecular weight is 610 g/mol. The van der Waals surface area contributed by atoms with E-state index in [1.807, 2.05) is 40.1 Å². The summed E-state index contributed by atoms with van der Waals surface area (Å²) in [5, 5.41) is 10.6. The summed E-state index contributed by atoms with van der Waals surface area (Å²) in [6.07, 6.45) is 8.46. The predicted octanol–water partition coefficient (Wildman–Crippen LogP) is 5.29. The van der Waals surface area contributed by atoms with Gasteiger partial charge < -0.3 is 19.8 Å². The van der Waals surface area contributed by atoms with Crippen LogP contribution >= 0.6 is 11.8 Å². The molecule has 6 atom stereocenters. The first-order chi connectivity index (χ1) is 20.6. The third-order valence-electron chi connectivity index (χ3n) is 9.63. The first kappa shape index (κ1) is 33.3. The molecule has 1 N–H and O–H groups in total. The standard InChI is InChI=1S/C35H51N3O4S/c1-7-10-14-21-36(19-8-2)33(42)30-35-18-17-34(6,43-35)28(29(35)32(41)38(30)27(24-39)22-25(4)5)31(40)37(20-9-3)23-26-15-12-11-13-16-26/h8-9,11-13,15-16,25,27-30,39H,2-3,7,10,14,17-24H2,1,4-6H3/t27-,28+,29+,30?,34-,35?/m1/s1. The zero-order valence-corrected chi connectivity index (χ0v) is 27.4. The third kappa shape index (κ3) is 6.32. The van der Waals surface area contributed by atoms with Crippen molar-refractivity contribution in [1.29, 1.82) is 0 Å². The molecule has 0 radical (unpaired) electrons. The van der Waals surface area contributed by atoms with Gasteiger partial charge in [0.25, 0.3) is 0 Å². The maximum Gasteiger partial charge on any atom is 0.247 e. The van der Waals surface area contributed by atoms with Crippen molar-refractivity contribution in [3.63, 3.8) is 0 Å². The van der Waals surface area contributed by atoms with E-state index >= 15 is 0 Å². The fourth-order valence-corrected chi connectivity index (χ4v) is 10.1. The molecule has 3 heterocycles. The molecule has 3 fully saturated rings. The van der Waals surface area contributed by atoms with Crippen molar-refractivity contribution >= 4 is 29.5 Å². The number of likely N-dealkylation sites (tertiary alicyclic amines) is 1. The van der Waals surface area contributed by atoms with Crippen LogP contribution in [0.5, 0.6) is 0 Å². The molecule has 1 spiro atoms. The highest BCUT2D eigenvalue weighted by molar-refractivity contribution is 8.02. The van der Waals surface area contributed by atoms with Crippen molar-refractivity contribution < 1.29 is 19.5 Å². The SMILES string of the molecule is C=CCN(CCCCC)C(=O)C1N([C@@H](CO)CC(C)C)C(=O)[C@@H]2[C@@H](C(=O)N(CC=C)Cc3ccccc3)[C@@]3(C)CCC12S3. The summed E-state index contributed by atoms with van der Waals surface area (Å²) in [7, 11) is 0. The third-order valence-corrected chi connectivity index (χ3v) is 11.6. The minimum atomic E-state index is -0.728. The van der Waals surface area contributed by atoms with Gasteiger partial charge in [-0.25, -0.2) is 0 Å². The van der Waals surface area contributed by atoms with Gasteiger partial charge in [0.15, 0.2) is 0 Å². The number of unbranched alkanes of at least 4 members (excludes halogenated alkanes) is 2. The number of carbonyl (C=O) groups is 3. The lowest BCUT2D eigenvalue weighted by Gasteiger charge is -2.40. The number of rotatable bonds is 16. The number of carbonyl (C=O) groups excluding carboxylic acids is 3. The molecule has 3 aliphatic rings. The zero-order chi connectivity index (χ0) is 31.4.